The fourth-order valence-electron chi connectivity index (χ4n) is 2.17. The smallest absolute Gasteiger partial charge is 0.321 e. The largest absolute Gasteiger partial charge is 0.508 e. The molecule has 0 radical (unpaired) electrons. The number of phenols is 1. The zero-order valence-corrected chi connectivity index (χ0v) is 13.5. The molecule has 2 rings (SSSR count). The Balaban J connectivity index is 2.02. The highest BCUT2D eigenvalue weighted by Gasteiger charge is 2.17. The third kappa shape index (κ3) is 4.87. The molecule has 3 N–H and O–H groups in total. The Morgan fingerprint density at radius 1 is 1.26 bits per heavy atom. The number of nitrogens with zero attached hydrogens (tertiary/aromatic N) is 1. The molecule has 0 unspecified atom stereocenters. The van der Waals surface area contributed by atoms with E-state index in [0.717, 1.165) is 0 Å². The number of rotatable bonds is 5. The number of benzene rings is 2. The maximum Gasteiger partial charge on any atom is 0.321 e. The van der Waals surface area contributed by atoms with E-state index in [9.17, 15) is 15.0 Å². The summed E-state index contributed by atoms with van der Waals surface area (Å²) < 4.78 is 0. The van der Waals surface area contributed by atoms with Gasteiger partial charge < -0.3 is 20.4 Å². The molecule has 5 nitrogen and oxygen atoms in total. The lowest BCUT2D eigenvalue weighted by Crippen LogP contribution is -2.37. The summed E-state index contributed by atoms with van der Waals surface area (Å²) in [6.45, 7) is 2.38. The number of phenolic OH excluding ortho intramolecular Hbond substituents is 1. The van der Waals surface area contributed by atoms with Crippen molar-refractivity contribution in [3.05, 3.63) is 59.1 Å². The van der Waals surface area contributed by atoms with Crippen LogP contribution in [0.3, 0.4) is 0 Å². The molecule has 0 bridgehead atoms. The van der Waals surface area contributed by atoms with E-state index in [0.29, 0.717) is 22.8 Å². The van der Waals surface area contributed by atoms with E-state index >= 15 is 0 Å². The second-order valence-electron chi connectivity index (χ2n) is 5.09. The lowest BCUT2D eigenvalue weighted by atomic mass is 10.1. The van der Waals surface area contributed by atoms with Crippen molar-refractivity contribution in [2.24, 2.45) is 0 Å². The highest BCUT2D eigenvalue weighted by molar-refractivity contribution is 6.30. The molecule has 2 aromatic carbocycles. The number of aliphatic hydroxyl groups is 1. The van der Waals surface area contributed by atoms with Crippen molar-refractivity contribution in [3.8, 4) is 5.75 Å². The molecule has 122 valence electrons. The van der Waals surface area contributed by atoms with Crippen LogP contribution in [-0.2, 0) is 0 Å². The van der Waals surface area contributed by atoms with Gasteiger partial charge in [-0.15, -0.1) is 0 Å². The first-order valence-corrected chi connectivity index (χ1v) is 7.66. The molecular weight excluding hydrogens is 316 g/mol. The van der Waals surface area contributed by atoms with Crippen LogP contribution >= 0.6 is 11.6 Å². The van der Waals surface area contributed by atoms with Gasteiger partial charge in [-0.2, -0.15) is 0 Å². The number of anilines is 1. The van der Waals surface area contributed by atoms with Crippen LogP contribution in [0, 0.1) is 0 Å². The third-order valence-corrected chi connectivity index (χ3v) is 3.63. The lowest BCUT2D eigenvalue weighted by molar-refractivity contribution is 0.128. The Kier molecular flexibility index (Phi) is 5.84. The first-order valence-electron chi connectivity index (χ1n) is 7.28. The summed E-state index contributed by atoms with van der Waals surface area (Å²) in [7, 11) is 0. The minimum absolute atomic E-state index is 0.0768. The van der Waals surface area contributed by atoms with E-state index in [2.05, 4.69) is 5.32 Å². The Hall–Kier alpha value is -2.24. The SMILES string of the molecule is CCN(C[C@@H](O)c1cccc(O)c1)C(=O)Nc1cccc(Cl)c1. The lowest BCUT2D eigenvalue weighted by Gasteiger charge is -2.24. The standard InChI is InChI=1S/C17H19ClN2O3/c1-2-20(11-16(22)12-5-3-8-15(21)9-12)17(23)19-14-7-4-6-13(18)10-14/h3-10,16,21-22H,2,11H2,1H3,(H,19,23)/t16-/m1/s1. The summed E-state index contributed by atoms with van der Waals surface area (Å²) in [4.78, 5) is 13.8. The van der Waals surface area contributed by atoms with Gasteiger partial charge in [-0.05, 0) is 42.8 Å². The second kappa shape index (κ2) is 7.85. The predicted octanol–water partition coefficient (Wildman–Crippen LogP) is 3.63. The van der Waals surface area contributed by atoms with Gasteiger partial charge in [0, 0.05) is 17.3 Å². The molecule has 0 aliphatic rings. The molecule has 0 heterocycles. The van der Waals surface area contributed by atoms with E-state index in [1.807, 2.05) is 6.92 Å². The fourth-order valence-corrected chi connectivity index (χ4v) is 2.36. The normalized spacial score (nSPS) is 11.8. The van der Waals surface area contributed by atoms with Crippen LogP contribution in [0.4, 0.5) is 10.5 Å². The van der Waals surface area contributed by atoms with Crippen molar-refractivity contribution < 1.29 is 15.0 Å². The molecule has 2 amide bonds. The molecule has 0 aliphatic heterocycles. The summed E-state index contributed by atoms with van der Waals surface area (Å²) >= 11 is 5.89. The van der Waals surface area contributed by atoms with Crippen LogP contribution in [-0.4, -0.2) is 34.2 Å². The van der Waals surface area contributed by atoms with E-state index in [1.54, 1.807) is 36.4 Å². The van der Waals surface area contributed by atoms with Gasteiger partial charge in [-0.3, -0.25) is 0 Å². The van der Waals surface area contributed by atoms with Crippen molar-refractivity contribution in [2.75, 3.05) is 18.4 Å². The summed E-state index contributed by atoms with van der Waals surface area (Å²) in [6.07, 6.45) is -0.882. The Bertz CT molecular complexity index is 678. The summed E-state index contributed by atoms with van der Waals surface area (Å²) in [5, 5.41) is 23.0. The minimum Gasteiger partial charge on any atom is -0.508 e. The monoisotopic (exact) mass is 334 g/mol. The quantitative estimate of drug-likeness (QED) is 0.781. The van der Waals surface area contributed by atoms with Crippen molar-refractivity contribution in [1.82, 2.24) is 4.90 Å². The highest BCUT2D eigenvalue weighted by Crippen LogP contribution is 2.20. The highest BCUT2D eigenvalue weighted by atomic mass is 35.5. The van der Waals surface area contributed by atoms with Gasteiger partial charge in [0.15, 0.2) is 0 Å². The maximum atomic E-state index is 12.3. The zero-order valence-electron chi connectivity index (χ0n) is 12.7. The first-order chi connectivity index (χ1) is 11.0. The number of urea groups is 1. The van der Waals surface area contributed by atoms with E-state index in [-0.39, 0.29) is 18.3 Å². The average molecular weight is 335 g/mol. The molecule has 6 heteroatoms. The van der Waals surface area contributed by atoms with Crippen LogP contribution in [0.5, 0.6) is 5.75 Å². The van der Waals surface area contributed by atoms with Crippen molar-refractivity contribution >= 4 is 23.3 Å². The van der Waals surface area contributed by atoms with Crippen molar-refractivity contribution in [2.45, 2.75) is 13.0 Å². The number of carbonyl (C=O) groups excluding carboxylic acids is 1. The second-order valence-corrected chi connectivity index (χ2v) is 5.53. The minimum atomic E-state index is -0.882. The van der Waals surface area contributed by atoms with Crippen LogP contribution in [0.15, 0.2) is 48.5 Å². The molecule has 0 saturated heterocycles. The summed E-state index contributed by atoms with van der Waals surface area (Å²) in [5.41, 5.74) is 1.15. The average Bonchev–Trinajstić information content (AvgIpc) is 2.52. The van der Waals surface area contributed by atoms with Gasteiger partial charge in [0.05, 0.1) is 12.6 Å². The Morgan fingerprint density at radius 2 is 2.00 bits per heavy atom. The van der Waals surface area contributed by atoms with Gasteiger partial charge >= 0.3 is 6.03 Å². The van der Waals surface area contributed by atoms with Crippen LogP contribution in [0.25, 0.3) is 0 Å². The topological polar surface area (TPSA) is 72.8 Å². The molecule has 0 saturated carbocycles. The van der Waals surface area contributed by atoms with Crippen LogP contribution in [0.2, 0.25) is 5.02 Å². The third-order valence-electron chi connectivity index (χ3n) is 3.39. The number of halogens is 1. The number of carbonyl (C=O) groups is 1. The van der Waals surface area contributed by atoms with Gasteiger partial charge in [0.1, 0.15) is 5.75 Å². The van der Waals surface area contributed by atoms with Gasteiger partial charge in [0.25, 0.3) is 0 Å². The zero-order chi connectivity index (χ0) is 16.8. The number of amides is 2. The number of nitrogens with one attached hydrogen (secondary N) is 1. The van der Waals surface area contributed by atoms with E-state index in [4.69, 9.17) is 11.6 Å². The van der Waals surface area contributed by atoms with E-state index in [1.165, 1.54) is 17.0 Å². The van der Waals surface area contributed by atoms with Crippen molar-refractivity contribution in [3.63, 3.8) is 0 Å². The molecule has 0 spiro atoms. The predicted molar refractivity (Wildman–Crippen MR) is 90.8 cm³/mol. The number of likely N-dealkylation sites (N-methyl/N-ethyl adjacent to an activating group) is 1. The number of hydrogen-bond donors (Lipinski definition) is 3. The molecule has 0 aromatic heterocycles. The van der Waals surface area contributed by atoms with E-state index < -0.39 is 6.10 Å². The number of aliphatic hydroxyl groups excluding tert-OH is 1. The maximum absolute atomic E-state index is 12.3. The van der Waals surface area contributed by atoms with Gasteiger partial charge in [-0.1, -0.05) is 29.8 Å². The molecule has 23 heavy (non-hydrogen) atoms. The van der Waals surface area contributed by atoms with Gasteiger partial charge in [0.2, 0.25) is 0 Å². The Labute approximate surface area is 140 Å². The molecule has 0 aliphatic carbocycles. The number of aromatic hydroxyl groups is 1. The summed E-state index contributed by atoms with van der Waals surface area (Å²) in [5.74, 6) is 0.0768. The van der Waals surface area contributed by atoms with Gasteiger partial charge in [-0.25, -0.2) is 4.79 Å². The molecule has 1 atom stereocenters. The van der Waals surface area contributed by atoms with Crippen molar-refractivity contribution in [1.29, 1.82) is 0 Å². The first kappa shape index (κ1) is 17.1. The Morgan fingerprint density at radius 3 is 2.65 bits per heavy atom. The van der Waals surface area contributed by atoms with Crippen LogP contribution in [0.1, 0.15) is 18.6 Å². The summed E-state index contributed by atoms with van der Waals surface area (Å²) in [6, 6.07) is 12.9. The molecule has 2 aromatic rings. The molecule has 0 fully saturated rings. The number of hydrogen-bond acceptors (Lipinski definition) is 3. The molecular formula is C17H19ClN2O3. The van der Waals surface area contributed by atoms with Crippen LogP contribution < -0.4 is 5.32 Å². The fraction of sp³-hybridized carbons (Fsp3) is 0.235.